The molecule has 4 N–H and O–H groups in total. The summed E-state index contributed by atoms with van der Waals surface area (Å²) in [6.45, 7) is 2.42. The van der Waals surface area contributed by atoms with Crippen molar-refractivity contribution in [2.45, 2.75) is 13.5 Å². The van der Waals surface area contributed by atoms with Gasteiger partial charge in [-0.3, -0.25) is 0 Å². The minimum absolute atomic E-state index is 0.478. The van der Waals surface area contributed by atoms with E-state index in [1.54, 1.807) is 6.07 Å². The highest BCUT2D eigenvalue weighted by Gasteiger charge is 2.01. The molecule has 0 unspecified atom stereocenters. The van der Waals surface area contributed by atoms with Crippen LogP contribution in [0.3, 0.4) is 0 Å². The Morgan fingerprint density at radius 3 is 2.67 bits per heavy atom. The Balaban J connectivity index is 3.31. The molecule has 0 atom stereocenters. The van der Waals surface area contributed by atoms with Crippen molar-refractivity contribution in [3.8, 4) is 12.3 Å². The molecule has 0 saturated heterocycles. The molecule has 0 bridgehead atoms. The van der Waals surface area contributed by atoms with Gasteiger partial charge in [-0.05, 0) is 30.2 Å². The van der Waals surface area contributed by atoms with E-state index >= 15 is 0 Å². The third-order valence-electron chi connectivity index (χ3n) is 1.94. The van der Waals surface area contributed by atoms with Crippen LogP contribution in [0.1, 0.15) is 16.7 Å². The van der Waals surface area contributed by atoms with E-state index in [1.165, 1.54) is 0 Å². The molecular weight excluding hydrogens is 148 g/mol. The van der Waals surface area contributed by atoms with Gasteiger partial charge in [0, 0.05) is 17.8 Å². The number of rotatable bonds is 1. The first-order chi connectivity index (χ1) is 5.69. The Morgan fingerprint density at radius 1 is 1.50 bits per heavy atom. The molecule has 0 radical (unpaired) electrons. The van der Waals surface area contributed by atoms with E-state index in [9.17, 15) is 0 Å². The van der Waals surface area contributed by atoms with Crippen LogP contribution in [0, 0.1) is 19.3 Å². The molecular formula is C10H12N2. The summed E-state index contributed by atoms with van der Waals surface area (Å²) in [5.74, 6) is 2.53. The number of terminal acetylenes is 1. The molecule has 62 valence electrons. The molecule has 0 aromatic heterocycles. The van der Waals surface area contributed by atoms with Crippen LogP contribution in [-0.4, -0.2) is 0 Å². The predicted octanol–water partition coefficient (Wildman–Crippen LogP) is 1.02. The lowest BCUT2D eigenvalue weighted by atomic mass is 10.0. The SMILES string of the molecule is C#Cc1cc(N)c(C)c(CN)c1. The average molecular weight is 160 g/mol. The molecule has 0 fully saturated rings. The van der Waals surface area contributed by atoms with E-state index in [0.717, 1.165) is 16.7 Å². The normalized spacial score (nSPS) is 9.42. The van der Waals surface area contributed by atoms with E-state index in [4.69, 9.17) is 17.9 Å². The van der Waals surface area contributed by atoms with Crippen molar-refractivity contribution in [3.05, 3.63) is 28.8 Å². The summed E-state index contributed by atoms with van der Waals surface area (Å²) in [7, 11) is 0. The highest BCUT2D eigenvalue weighted by atomic mass is 14.6. The lowest BCUT2D eigenvalue weighted by Crippen LogP contribution is -2.02. The zero-order valence-corrected chi connectivity index (χ0v) is 7.09. The fourth-order valence-corrected chi connectivity index (χ4v) is 1.09. The summed E-state index contributed by atoms with van der Waals surface area (Å²) in [5, 5.41) is 0. The second-order valence-corrected chi connectivity index (χ2v) is 2.70. The standard InChI is InChI=1S/C10H12N2/c1-3-8-4-9(6-11)7(2)10(12)5-8/h1,4-5H,6,11-12H2,2H3. The van der Waals surface area contributed by atoms with E-state index in [1.807, 2.05) is 13.0 Å². The Bertz CT molecular complexity index is 334. The van der Waals surface area contributed by atoms with E-state index in [-0.39, 0.29) is 0 Å². The van der Waals surface area contributed by atoms with Crippen molar-refractivity contribution in [2.75, 3.05) is 5.73 Å². The Labute approximate surface area is 72.6 Å². The number of benzene rings is 1. The summed E-state index contributed by atoms with van der Waals surface area (Å²) in [4.78, 5) is 0. The van der Waals surface area contributed by atoms with Crippen molar-refractivity contribution in [1.82, 2.24) is 0 Å². The van der Waals surface area contributed by atoms with Gasteiger partial charge in [0.2, 0.25) is 0 Å². The van der Waals surface area contributed by atoms with Gasteiger partial charge in [-0.2, -0.15) is 0 Å². The van der Waals surface area contributed by atoms with Gasteiger partial charge in [0.1, 0.15) is 0 Å². The molecule has 1 rings (SSSR count). The second kappa shape index (κ2) is 3.29. The van der Waals surface area contributed by atoms with Crippen LogP contribution in [0.15, 0.2) is 12.1 Å². The first kappa shape index (κ1) is 8.63. The summed E-state index contributed by atoms with van der Waals surface area (Å²) < 4.78 is 0. The van der Waals surface area contributed by atoms with Gasteiger partial charge < -0.3 is 11.5 Å². The number of nitrogens with two attached hydrogens (primary N) is 2. The molecule has 0 heterocycles. The maximum atomic E-state index is 5.72. The fraction of sp³-hybridized carbons (Fsp3) is 0.200. The number of hydrogen-bond donors (Lipinski definition) is 2. The Morgan fingerprint density at radius 2 is 2.17 bits per heavy atom. The molecule has 12 heavy (non-hydrogen) atoms. The average Bonchev–Trinajstić information content (AvgIpc) is 2.09. The van der Waals surface area contributed by atoms with Gasteiger partial charge in [0.05, 0.1) is 0 Å². The third-order valence-corrected chi connectivity index (χ3v) is 1.94. The molecule has 0 amide bonds. The Kier molecular flexibility index (Phi) is 2.37. The zero-order chi connectivity index (χ0) is 9.14. The molecule has 0 spiro atoms. The smallest absolute Gasteiger partial charge is 0.0359 e. The van der Waals surface area contributed by atoms with Crippen LogP contribution in [0.2, 0.25) is 0 Å². The molecule has 2 heteroatoms. The second-order valence-electron chi connectivity index (χ2n) is 2.70. The summed E-state index contributed by atoms with van der Waals surface area (Å²) in [5.41, 5.74) is 14.8. The third kappa shape index (κ3) is 1.41. The maximum absolute atomic E-state index is 5.72. The molecule has 0 aliphatic carbocycles. The quantitative estimate of drug-likeness (QED) is 0.476. The van der Waals surface area contributed by atoms with Crippen LogP contribution >= 0.6 is 0 Å². The van der Waals surface area contributed by atoms with E-state index in [0.29, 0.717) is 12.2 Å². The number of anilines is 1. The van der Waals surface area contributed by atoms with E-state index < -0.39 is 0 Å². The molecule has 0 aliphatic heterocycles. The lowest BCUT2D eigenvalue weighted by molar-refractivity contribution is 1.05. The summed E-state index contributed by atoms with van der Waals surface area (Å²) in [6, 6.07) is 3.68. The van der Waals surface area contributed by atoms with Gasteiger partial charge in [0.25, 0.3) is 0 Å². The maximum Gasteiger partial charge on any atom is 0.0359 e. The molecule has 0 saturated carbocycles. The zero-order valence-electron chi connectivity index (χ0n) is 7.09. The van der Waals surface area contributed by atoms with Crippen molar-refractivity contribution in [2.24, 2.45) is 5.73 Å². The topological polar surface area (TPSA) is 52.0 Å². The van der Waals surface area contributed by atoms with Crippen LogP contribution in [0.5, 0.6) is 0 Å². The fourth-order valence-electron chi connectivity index (χ4n) is 1.09. The molecule has 1 aromatic carbocycles. The molecule has 2 nitrogen and oxygen atoms in total. The summed E-state index contributed by atoms with van der Waals surface area (Å²) in [6.07, 6.45) is 5.25. The number of hydrogen-bond acceptors (Lipinski definition) is 2. The van der Waals surface area contributed by atoms with Crippen LogP contribution in [0.25, 0.3) is 0 Å². The van der Waals surface area contributed by atoms with Gasteiger partial charge in [-0.1, -0.05) is 5.92 Å². The summed E-state index contributed by atoms with van der Waals surface area (Å²) >= 11 is 0. The largest absolute Gasteiger partial charge is 0.398 e. The Hall–Kier alpha value is -1.46. The molecule has 0 aliphatic rings. The van der Waals surface area contributed by atoms with Crippen LogP contribution < -0.4 is 11.5 Å². The van der Waals surface area contributed by atoms with Crippen molar-refractivity contribution >= 4 is 5.69 Å². The highest BCUT2D eigenvalue weighted by molar-refractivity contribution is 5.56. The first-order valence-corrected chi connectivity index (χ1v) is 3.74. The van der Waals surface area contributed by atoms with Crippen molar-refractivity contribution in [1.29, 1.82) is 0 Å². The van der Waals surface area contributed by atoms with Gasteiger partial charge in [-0.15, -0.1) is 6.42 Å². The van der Waals surface area contributed by atoms with Gasteiger partial charge >= 0.3 is 0 Å². The first-order valence-electron chi connectivity index (χ1n) is 3.74. The lowest BCUT2D eigenvalue weighted by Gasteiger charge is -2.06. The van der Waals surface area contributed by atoms with Crippen LogP contribution in [0.4, 0.5) is 5.69 Å². The monoisotopic (exact) mass is 160 g/mol. The van der Waals surface area contributed by atoms with E-state index in [2.05, 4.69) is 5.92 Å². The molecule has 1 aromatic rings. The minimum Gasteiger partial charge on any atom is -0.398 e. The number of nitrogen functional groups attached to an aromatic ring is 1. The van der Waals surface area contributed by atoms with Gasteiger partial charge in [-0.25, -0.2) is 0 Å². The van der Waals surface area contributed by atoms with Crippen molar-refractivity contribution in [3.63, 3.8) is 0 Å². The highest BCUT2D eigenvalue weighted by Crippen LogP contribution is 2.17. The van der Waals surface area contributed by atoms with Gasteiger partial charge in [0.15, 0.2) is 0 Å². The van der Waals surface area contributed by atoms with Crippen LogP contribution in [-0.2, 0) is 6.54 Å². The van der Waals surface area contributed by atoms with Crippen molar-refractivity contribution < 1.29 is 0 Å². The predicted molar refractivity (Wildman–Crippen MR) is 51.4 cm³/mol. The minimum atomic E-state index is 0.478.